The van der Waals surface area contributed by atoms with E-state index in [4.69, 9.17) is 10.5 Å². The Morgan fingerprint density at radius 2 is 2.24 bits per heavy atom. The molecular formula is C12H18N4O. The van der Waals surface area contributed by atoms with E-state index in [1.807, 2.05) is 0 Å². The molecule has 0 amide bonds. The van der Waals surface area contributed by atoms with Crippen molar-refractivity contribution in [1.82, 2.24) is 9.97 Å². The van der Waals surface area contributed by atoms with Gasteiger partial charge in [0, 0.05) is 12.6 Å². The van der Waals surface area contributed by atoms with Crippen LogP contribution in [-0.2, 0) is 0 Å². The first-order valence-corrected chi connectivity index (χ1v) is 6.14. The molecule has 0 bridgehead atoms. The Morgan fingerprint density at radius 3 is 2.82 bits per heavy atom. The highest BCUT2D eigenvalue weighted by molar-refractivity contribution is 5.43. The first kappa shape index (κ1) is 10.6. The normalized spacial score (nSPS) is 21.0. The predicted octanol–water partition coefficient (Wildman–Crippen LogP) is 1.67. The Bertz CT molecular complexity index is 427. The van der Waals surface area contributed by atoms with Gasteiger partial charge in [-0.05, 0) is 37.0 Å². The summed E-state index contributed by atoms with van der Waals surface area (Å²) >= 11 is 0. The minimum atomic E-state index is 0.253. The zero-order valence-electron chi connectivity index (χ0n) is 10.1. The number of hydrogen-bond donors (Lipinski definition) is 2. The van der Waals surface area contributed by atoms with E-state index in [9.17, 15) is 0 Å². The summed E-state index contributed by atoms with van der Waals surface area (Å²) in [5.41, 5.74) is 6.17. The van der Waals surface area contributed by atoms with Crippen molar-refractivity contribution < 1.29 is 4.74 Å². The van der Waals surface area contributed by atoms with Gasteiger partial charge in [-0.15, -0.1) is 0 Å². The Balaban J connectivity index is 1.66. The Kier molecular flexibility index (Phi) is 2.34. The lowest BCUT2D eigenvalue weighted by molar-refractivity contribution is 0.397. The third kappa shape index (κ3) is 2.14. The van der Waals surface area contributed by atoms with Crippen molar-refractivity contribution >= 4 is 11.8 Å². The van der Waals surface area contributed by atoms with Gasteiger partial charge in [0.05, 0.1) is 7.11 Å². The maximum absolute atomic E-state index is 5.62. The Morgan fingerprint density at radius 1 is 1.47 bits per heavy atom. The second-order valence-corrected chi connectivity index (χ2v) is 5.14. The van der Waals surface area contributed by atoms with Gasteiger partial charge in [0.1, 0.15) is 5.82 Å². The average molecular weight is 234 g/mol. The van der Waals surface area contributed by atoms with Crippen LogP contribution in [0.15, 0.2) is 6.07 Å². The number of nitrogens with one attached hydrogen (secondary N) is 1. The first-order valence-electron chi connectivity index (χ1n) is 6.14. The lowest BCUT2D eigenvalue weighted by atomic mass is 10.0. The van der Waals surface area contributed by atoms with Crippen LogP contribution in [-0.4, -0.2) is 23.6 Å². The fourth-order valence-electron chi connectivity index (χ4n) is 2.49. The molecule has 2 fully saturated rings. The van der Waals surface area contributed by atoms with Gasteiger partial charge in [-0.2, -0.15) is 9.97 Å². The molecule has 0 aliphatic heterocycles. The summed E-state index contributed by atoms with van der Waals surface area (Å²) in [7, 11) is 1.58. The van der Waals surface area contributed by atoms with E-state index < -0.39 is 0 Å². The quantitative estimate of drug-likeness (QED) is 0.810. The van der Waals surface area contributed by atoms with E-state index in [-0.39, 0.29) is 5.95 Å². The predicted molar refractivity (Wildman–Crippen MR) is 65.9 cm³/mol. The number of methoxy groups -OCH3 is 1. The molecule has 5 heteroatoms. The zero-order chi connectivity index (χ0) is 11.9. The smallest absolute Gasteiger partial charge is 0.225 e. The molecule has 2 aliphatic rings. The van der Waals surface area contributed by atoms with Gasteiger partial charge < -0.3 is 15.8 Å². The molecule has 0 aromatic carbocycles. The van der Waals surface area contributed by atoms with Gasteiger partial charge in [0.15, 0.2) is 0 Å². The van der Waals surface area contributed by atoms with Crippen LogP contribution in [0.25, 0.3) is 0 Å². The molecule has 0 spiro atoms. The van der Waals surface area contributed by atoms with Crippen LogP contribution in [0.1, 0.15) is 25.7 Å². The average Bonchev–Trinajstić information content (AvgIpc) is 3.15. The molecule has 0 saturated heterocycles. The number of rotatable bonds is 5. The molecule has 5 nitrogen and oxygen atoms in total. The molecule has 1 aromatic rings. The fraction of sp³-hybridized carbons (Fsp3) is 0.667. The number of aromatic nitrogens is 2. The highest BCUT2D eigenvalue weighted by atomic mass is 16.5. The monoisotopic (exact) mass is 234 g/mol. The van der Waals surface area contributed by atoms with E-state index in [1.54, 1.807) is 13.2 Å². The van der Waals surface area contributed by atoms with E-state index in [0.29, 0.717) is 11.3 Å². The van der Waals surface area contributed by atoms with Crippen molar-refractivity contribution in [1.29, 1.82) is 0 Å². The van der Waals surface area contributed by atoms with E-state index in [1.165, 1.54) is 25.7 Å². The Hall–Kier alpha value is -1.52. The van der Waals surface area contributed by atoms with Gasteiger partial charge in [0.25, 0.3) is 0 Å². The van der Waals surface area contributed by atoms with Crippen molar-refractivity contribution in [3.05, 3.63) is 6.07 Å². The molecule has 2 aliphatic carbocycles. The molecule has 1 heterocycles. The van der Waals surface area contributed by atoms with Gasteiger partial charge >= 0.3 is 0 Å². The van der Waals surface area contributed by atoms with Crippen LogP contribution < -0.4 is 15.8 Å². The highest BCUT2D eigenvalue weighted by Gasteiger charge is 2.53. The SMILES string of the molecule is COc1cc(NCC2(C3CC3)CC2)nc(N)n1. The molecular weight excluding hydrogens is 216 g/mol. The maximum atomic E-state index is 5.62. The fourth-order valence-corrected chi connectivity index (χ4v) is 2.49. The Labute approximate surface area is 101 Å². The number of nitrogens with zero attached hydrogens (tertiary/aromatic N) is 2. The lowest BCUT2D eigenvalue weighted by Gasteiger charge is -2.15. The molecule has 3 rings (SSSR count). The number of nitrogen functional groups attached to an aromatic ring is 1. The minimum absolute atomic E-state index is 0.253. The molecule has 0 radical (unpaired) electrons. The topological polar surface area (TPSA) is 73.1 Å². The van der Waals surface area contributed by atoms with E-state index in [0.717, 1.165) is 18.3 Å². The van der Waals surface area contributed by atoms with Crippen molar-refractivity contribution in [3.63, 3.8) is 0 Å². The van der Waals surface area contributed by atoms with Gasteiger partial charge in [-0.25, -0.2) is 0 Å². The van der Waals surface area contributed by atoms with Crippen LogP contribution in [0.2, 0.25) is 0 Å². The van der Waals surface area contributed by atoms with Crippen LogP contribution in [0, 0.1) is 11.3 Å². The maximum Gasteiger partial charge on any atom is 0.225 e. The summed E-state index contributed by atoms with van der Waals surface area (Å²) in [6.45, 7) is 0.997. The standard InChI is InChI=1S/C12H18N4O/c1-17-10-6-9(15-11(13)16-10)14-7-12(4-5-12)8-2-3-8/h6,8H,2-5,7H2,1H3,(H3,13,14,15,16). The minimum Gasteiger partial charge on any atom is -0.481 e. The largest absolute Gasteiger partial charge is 0.481 e. The molecule has 17 heavy (non-hydrogen) atoms. The molecule has 3 N–H and O–H groups in total. The van der Waals surface area contributed by atoms with Crippen molar-refractivity contribution in [3.8, 4) is 5.88 Å². The molecule has 0 unspecified atom stereocenters. The van der Waals surface area contributed by atoms with Crippen molar-refractivity contribution in [2.75, 3.05) is 24.7 Å². The second kappa shape index (κ2) is 3.75. The van der Waals surface area contributed by atoms with Gasteiger partial charge in [-0.1, -0.05) is 0 Å². The van der Waals surface area contributed by atoms with E-state index in [2.05, 4.69) is 15.3 Å². The first-order chi connectivity index (χ1) is 8.22. The molecule has 0 atom stereocenters. The molecule has 2 saturated carbocycles. The summed E-state index contributed by atoms with van der Waals surface area (Å²) in [5, 5.41) is 3.37. The van der Waals surface area contributed by atoms with Gasteiger partial charge in [0.2, 0.25) is 11.8 Å². The van der Waals surface area contributed by atoms with Gasteiger partial charge in [-0.3, -0.25) is 0 Å². The van der Waals surface area contributed by atoms with Crippen molar-refractivity contribution in [2.45, 2.75) is 25.7 Å². The summed E-state index contributed by atoms with van der Waals surface area (Å²) in [6, 6.07) is 1.79. The lowest BCUT2D eigenvalue weighted by Crippen LogP contribution is -2.18. The number of nitrogens with two attached hydrogens (primary N) is 1. The summed E-state index contributed by atoms with van der Waals surface area (Å²) in [4.78, 5) is 8.13. The highest BCUT2D eigenvalue weighted by Crippen LogP contribution is 2.61. The summed E-state index contributed by atoms with van der Waals surface area (Å²) in [6.07, 6.45) is 5.50. The number of ether oxygens (including phenoxy) is 1. The van der Waals surface area contributed by atoms with E-state index >= 15 is 0 Å². The third-order valence-corrected chi connectivity index (χ3v) is 3.89. The second-order valence-electron chi connectivity index (χ2n) is 5.14. The summed E-state index contributed by atoms with van der Waals surface area (Å²) < 4.78 is 5.07. The molecule has 92 valence electrons. The molecule has 1 aromatic heterocycles. The number of hydrogen-bond acceptors (Lipinski definition) is 5. The van der Waals surface area contributed by atoms with Crippen LogP contribution in [0.3, 0.4) is 0 Å². The van der Waals surface area contributed by atoms with Crippen LogP contribution in [0.4, 0.5) is 11.8 Å². The van der Waals surface area contributed by atoms with Crippen LogP contribution >= 0.6 is 0 Å². The summed E-state index contributed by atoms with van der Waals surface area (Å²) in [5.74, 6) is 2.47. The number of anilines is 2. The van der Waals surface area contributed by atoms with Crippen LogP contribution in [0.5, 0.6) is 5.88 Å². The zero-order valence-corrected chi connectivity index (χ0v) is 10.1. The van der Waals surface area contributed by atoms with Crippen molar-refractivity contribution in [2.24, 2.45) is 11.3 Å². The third-order valence-electron chi connectivity index (χ3n) is 3.89.